The van der Waals surface area contributed by atoms with Gasteiger partial charge in [-0.15, -0.1) is 0 Å². The number of hydrogen-bond acceptors (Lipinski definition) is 5. The Labute approximate surface area is 139 Å². The summed E-state index contributed by atoms with van der Waals surface area (Å²) in [6.45, 7) is -1.32. The number of fused-ring (bicyclic) bond motifs is 1. The van der Waals surface area contributed by atoms with Crippen molar-refractivity contribution >= 4 is 11.5 Å². The first-order valence-corrected chi connectivity index (χ1v) is 7.28. The van der Waals surface area contributed by atoms with Crippen LogP contribution < -0.4 is 15.6 Å². The van der Waals surface area contributed by atoms with Crippen LogP contribution in [0.3, 0.4) is 0 Å². The predicted octanol–water partition coefficient (Wildman–Crippen LogP) is 2.64. The molecule has 0 fully saturated rings. The highest BCUT2D eigenvalue weighted by Crippen LogP contribution is 2.20. The van der Waals surface area contributed by atoms with Crippen molar-refractivity contribution in [2.45, 2.75) is 12.7 Å². The summed E-state index contributed by atoms with van der Waals surface area (Å²) in [6.07, 6.45) is -1.51. The molecule has 0 aromatic carbocycles. The molecular weight excluding hydrogens is 337 g/mol. The Kier molecular flexibility index (Phi) is 4.55. The van der Waals surface area contributed by atoms with Crippen LogP contribution in [0, 0.1) is 0 Å². The highest BCUT2D eigenvalue weighted by atomic mass is 19.4. The van der Waals surface area contributed by atoms with E-state index in [1.54, 1.807) is 36.5 Å². The zero-order valence-electron chi connectivity index (χ0n) is 12.8. The molecule has 0 saturated heterocycles. The van der Waals surface area contributed by atoms with Gasteiger partial charge in [0.2, 0.25) is 5.88 Å². The Hall–Kier alpha value is -3.10. The van der Waals surface area contributed by atoms with Gasteiger partial charge in [-0.05, 0) is 18.2 Å². The first-order chi connectivity index (χ1) is 11.9. The van der Waals surface area contributed by atoms with Crippen LogP contribution in [0.15, 0.2) is 53.6 Å². The van der Waals surface area contributed by atoms with Crippen molar-refractivity contribution in [1.29, 1.82) is 0 Å². The molecule has 0 atom stereocenters. The maximum absolute atomic E-state index is 12.3. The number of nitrogens with zero attached hydrogens (tertiary/aromatic N) is 3. The normalized spacial score (nSPS) is 11.5. The number of hydrogen-bond donors (Lipinski definition) is 1. The molecule has 6 nitrogen and oxygen atoms in total. The Morgan fingerprint density at radius 1 is 1.20 bits per heavy atom. The van der Waals surface area contributed by atoms with E-state index in [1.165, 1.54) is 16.7 Å². The molecule has 0 saturated carbocycles. The number of pyridine rings is 2. The van der Waals surface area contributed by atoms with Gasteiger partial charge in [0.25, 0.3) is 5.56 Å². The smallest absolute Gasteiger partial charge is 0.422 e. The van der Waals surface area contributed by atoms with Crippen molar-refractivity contribution in [3.63, 3.8) is 0 Å². The zero-order chi connectivity index (χ0) is 17.9. The van der Waals surface area contributed by atoms with Crippen LogP contribution in [0.1, 0.15) is 5.56 Å². The van der Waals surface area contributed by atoms with Gasteiger partial charge >= 0.3 is 6.18 Å². The summed E-state index contributed by atoms with van der Waals surface area (Å²) in [7, 11) is 0. The number of alkyl halides is 3. The number of rotatable bonds is 5. The number of anilines is 1. The number of aromatic nitrogens is 3. The minimum absolute atomic E-state index is 0.108. The third-order valence-electron chi connectivity index (χ3n) is 3.25. The third-order valence-corrected chi connectivity index (χ3v) is 3.25. The molecule has 3 aromatic heterocycles. The Balaban J connectivity index is 1.77. The van der Waals surface area contributed by atoms with Gasteiger partial charge in [0.15, 0.2) is 6.61 Å². The topological polar surface area (TPSA) is 68.5 Å². The van der Waals surface area contributed by atoms with E-state index in [2.05, 4.69) is 15.3 Å². The van der Waals surface area contributed by atoms with E-state index < -0.39 is 12.8 Å². The van der Waals surface area contributed by atoms with Gasteiger partial charge in [0.1, 0.15) is 11.5 Å². The second-order valence-corrected chi connectivity index (χ2v) is 5.13. The van der Waals surface area contributed by atoms with Crippen molar-refractivity contribution in [3.8, 4) is 5.88 Å². The van der Waals surface area contributed by atoms with Crippen molar-refractivity contribution in [2.24, 2.45) is 0 Å². The molecule has 1 N–H and O–H groups in total. The van der Waals surface area contributed by atoms with Crippen molar-refractivity contribution < 1.29 is 17.9 Å². The molecule has 0 radical (unpaired) electrons. The lowest BCUT2D eigenvalue weighted by Gasteiger charge is -2.12. The van der Waals surface area contributed by atoms with Gasteiger partial charge in [-0.2, -0.15) is 13.2 Å². The minimum Gasteiger partial charge on any atom is -0.468 e. The number of nitrogens with one attached hydrogen (secondary N) is 1. The summed E-state index contributed by atoms with van der Waals surface area (Å²) in [5.41, 5.74) is 0.604. The summed E-state index contributed by atoms with van der Waals surface area (Å²) >= 11 is 0. The van der Waals surface area contributed by atoms with E-state index in [4.69, 9.17) is 4.74 Å². The fourth-order valence-electron chi connectivity index (χ4n) is 2.17. The van der Waals surface area contributed by atoms with E-state index in [0.717, 1.165) is 0 Å². The minimum atomic E-state index is -4.45. The molecule has 9 heteroatoms. The molecule has 25 heavy (non-hydrogen) atoms. The average Bonchev–Trinajstić information content (AvgIpc) is 2.58. The van der Waals surface area contributed by atoms with Gasteiger partial charge in [0.05, 0.1) is 0 Å². The quantitative estimate of drug-likeness (QED) is 0.766. The summed E-state index contributed by atoms with van der Waals surface area (Å²) < 4.78 is 43.0. The second kappa shape index (κ2) is 6.80. The molecule has 0 amide bonds. The number of ether oxygens (including phenoxy) is 1. The highest BCUT2D eigenvalue weighted by molar-refractivity contribution is 5.46. The average molecular weight is 350 g/mol. The lowest BCUT2D eigenvalue weighted by atomic mass is 10.2. The molecule has 3 aromatic rings. The lowest BCUT2D eigenvalue weighted by Crippen LogP contribution is -2.20. The molecule has 0 aliphatic heterocycles. The first-order valence-electron chi connectivity index (χ1n) is 7.28. The predicted molar refractivity (Wildman–Crippen MR) is 84.6 cm³/mol. The fourth-order valence-corrected chi connectivity index (χ4v) is 2.17. The van der Waals surface area contributed by atoms with Crippen LogP contribution >= 0.6 is 0 Å². The first kappa shape index (κ1) is 16.7. The second-order valence-electron chi connectivity index (χ2n) is 5.13. The molecule has 0 unspecified atom stereocenters. The van der Waals surface area contributed by atoms with E-state index >= 15 is 0 Å². The molecule has 0 aliphatic rings. The SMILES string of the molecule is O=c1cc(NCc2cccnc2OCC(F)(F)F)nc2ccccn12. The van der Waals surface area contributed by atoms with Crippen LogP contribution in [-0.2, 0) is 6.54 Å². The fraction of sp³-hybridized carbons (Fsp3) is 0.188. The lowest BCUT2D eigenvalue weighted by molar-refractivity contribution is -0.154. The largest absolute Gasteiger partial charge is 0.468 e. The maximum atomic E-state index is 12.3. The molecule has 0 aliphatic carbocycles. The summed E-state index contributed by atoms with van der Waals surface area (Å²) in [5, 5.41) is 2.91. The molecule has 0 bridgehead atoms. The molecule has 3 rings (SSSR count). The summed E-state index contributed by atoms with van der Waals surface area (Å²) in [6, 6.07) is 9.60. The van der Waals surface area contributed by atoms with Gasteiger partial charge in [-0.3, -0.25) is 9.20 Å². The van der Waals surface area contributed by atoms with Gasteiger partial charge in [-0.1, -0.05) is 12.1 Å². The van der Waals surface area contributed by atoms with Crippen molar-refractivity contribution in [2.75, 3.05) is 11.9 Å². The van der Waals surface area contributed by atoms with Crippen LogP contribution in [0.4, 0.5) is 19.0 Å². The van der Waals surface area contributed by atoms with Gasteiger partial charge in [0, 0.05) is 30.6 Å². The van der Waals surface area contributed by atoms with E-state index in [1.807, 2.05) is 0 Å². The van der Waals surface area contributed by atoms with Crippen LogP contribution in [-0.4, -0.2) is 27.2 Å². The maximum Gasteiger partial charge on any atom is 0.422 e. The zero-order valence-corrected chi connectivity index (χ0v) is 12.8. The Morgan fingerprint density at radius 3 is 2.84 bits per heavy atom. The molecule has 130 valence electrons. The Bertz CT molecular complexity index is 940. The van der Waals surface area contributed by atoms with Crippen LogP contribution in [0.5, 0.6) is 5.88 Å². The summed E-state index contributed by atoms with van der Waals surface area (Å²) in [4.78, 5) is 20.1. The highest BCUT2D eigenvalue weighted by Gasteiger charge is 2.29. The van der Waals surface area contributed by atoms with E-state index in [-0.39, 0.29) is 18.0 Å². The van der Waals surface area contributed by atoms with Crippen LogP contribution in [0.2, 0.25) is 0 Å². The standard InChI is InChI=1S/C16H13F3N4O2/c17-16(18,19)10-25-15-11(4-3-6-20-15)9-21-12-8-14(24)23-7-2-1-5-13(23)22-12/h1-8,21H,9-10H2. The van der Waals surface area contributed by atoms with E-state index in [9.17, 15) is 18.0 Å². The third kappa shape index (κ3) is 4.25. The van der Waals surface area contributed by atoms with Crippen molar-refractivity contribution in [3.05, 3.63) is 64.7 Å². The molecular formula is C16H13F3N4O2. The molecule has 0 spiro atoms. The Morgan fingerprint density at radius 2 is 2.04 bits per heavy atom. The van der Waals surface area contributed by atoms with Crippen LogP contribution in [0.25, 0.3) is 5.65 Å². The van der Waals surface area contributed by atoms with E-state index in [0.29, 0.717) is 17.0 Å². The monoisotopic (exact) mass is 350 g/mol. The van der Waals surface area contributed by atoms with Gasteiger partial charge < -0.3 is 10.1 Å². The van der Waals surface area contributed by atoms with Gasteiger partial charge in [-0.25, -0.2) is 9.97 Å². The number of halogens is 3. The van der Waals surface area contributed by atoms with Crippen molar-refractivity contribution in [1.82, 2.24) is 14.4 Å². The summed E-state index contributed by atoms with van der Waals surface area (Å²) in [5.74, 6) is 0.187. The molecule has 3 heterocycles.